The number of tetrazole rings is 1. The fourth-order valence-electron chi connectivity index (χ4n) is 2.56. The molecule has 130 valence electrons. The summed E-state index contributed by atoms with van der Waals surface area (Å²) in [5.74, 6) is 0.0361. The molecule has 0 spiro atoms. The van der Waals surface area contributed by atoms with Gasteiger partial charge in [0.25, 0.3) is 0 Å². The molecule has 1 atom stereocenters. The molecule has 9 heteroatoms. The number of aromatic amines is 1. The summed E-state index contributed by atoms with van der Waals surface area (Å²) in [5, 5.41) is 18.4. The summed E-state index contributed by atoms with van der Waals surface area (Å²) < 4.78 is 26.6. The molecular formula is C17H13FN6OS. The van der Waals surface area contributed by atoms with Gasteiger partial charge in [0.15, 0.2) is 0 Å². The number of benzene rings is 2. The number of H-pyrrole nitrogens is 1. The Kier molecular flexibility index (Phi) is 4.13. The van der Waals surface area contributed by atoms with Gasteiger partial charge in [-0.1, -0.05) is 12.1 Å². The van der Waals surface area contributed by atoms with Crippen LogP contribution in [0.5, 0.6) is 0 Å². The molecule has 0 aliphatic carbocycles. The fraction of sp³-hybridized carbons (Fsp3) is 0.0588. The van der Waals surface area contributed by atoms with E-state index in [1.54, 1.807) is 23.1 Å². The molecule has 0 bridgehead atoms. The largest absolute Gasteiger partial charge is 0.255 e. The summed E-state index contributed by atoms with van der Waals surface area (Å²) in [4.78, 5) is 0.736. The van der Waals surface area contributed by atoms with Gasteiger partial charge in [-0.05, 0) is 47.7 Å². The van der Waals surface area contributed by atoms with E-state index in [2.05, 4.69) is 25.7 Å². The van der Waals surface area contributed by atoms with Crippen molar-refractivity contribution in [2.75, 3.05) is 6.26 Å². The molecule has 0 radical (unpaired) electrons. The Morgan fingerprint density at radius 1 is 1.08 bits per heavy atom. The van der Waals surface area contributed by atoms with E-state index >= 15 is 0 Å². The van der Waals surface area contributed by atoms with Crippen LogP contribution in [0.2, 0.25) is 0 Å². The van der Waals surface area contributed by atoms with Crippen LogP contribution in [0.25, 0.3) is 28.5 Å². The van der Waals surface area contributed by atoms with Crippen LogP contribution in [-0.2, 0) is 10.8 Å². The van der Waals surface area contributed by atoms with Crippen LogP contribution in [0.3, 0.4) is 0 Å². The zero-order valence-electron chi connectivity index (χ0n) is 13.6. The van der Waals surface area contributed by atoms with Gasteiger partial charge in [-0.2, -0.15) is 10.3 Å². The maximum Gasteiger partial charge on any atom is 0.224 e. The molecule has 4 aromatic rings. The van der Waals surface area contributed by atoms with Crippen molar-refractivity contribution in [3.8, 4) is 28.5 Å². The Labute approximate surface area is 150 Å². The van der Waals surface area contributed by atoms with Gasteiger partial charge in [0, 0.05) is 27.5 Å². The zero-order valence-corrected chi connectivity index (χ0v) is 14.4. The second kappa shape index (κ2) is 6.60. The first-order chi connectivity index (χ1) is 12.6. The highest BCUT2D eigenvalue weighted by Gasteiger charge is 2.16. The van der Waals surface area contributed by atoms with Crippen molar-refractivity contribution in [1.82, 2.24) is 30.4 Å². The molecular weight excluding hydrogens is 355 g/mol. The van der Waals surface area contributed by atoms with E-state index in [0.717, 1.165) is 16.2 Å². The number of aromatic nitrogens is 6. The second-order valence-electron chi connectivity index (χ2n) is 5.52. The predicted molar refractivity (Wildman–Crippen MR) is 94.5 cm³/mol. The van der Waals surface area contributed by atoms with Gasteiger partial charge in [-0.25, -0.2) is 9.07 Å². The minimum atomic E-state index is -1.05. The lowest BCUT2D eigenvalue weighted by atomic mass is 10.1. The molecule has 1 N–H and O–H groups in total. The Hall–Kier alpha value is -3.20. The van der Waals surface area contributed by atoms with Gasteiger partial charge in [-0.3, -0.25) is 4.21 Å². The van der Waals surface area contributed by atoms with Crippen molar-refractivity contribution in [3.05, 3.63) is 60.4 Å². The zero-order chi connectivity index (χ0) is 18.1. The Morgan fingerprint density at radius 3 is 2.42 bits per heavy atom. The highest BCUT2D eigenvalue weighted by atomic mass is 32.2. The third-order valence-electron chi connectivity index (χ3n) is 3.84. The number of hydrogen-bond acceptors (Lipinski definition) is 5. The number of hydrogen-bond donors (Lipinski definition) is 1. The first-order valence-electron chi connectivity index (χ1n) is 7.65. The number of nitrogens with zero attached hydrogens (tertiary/aromatic N) is 5. The molecule has 4 rings (SSSR count). The maximum atomic E-state index is 13.3. The van der Waals surface area contributed by atoms with Crippen molar-refractivity contribution >= 4 is 10.8 Å². The van der Waals surface area contributed by atoms with Gasteiger partial charge in [0.2, 0.25) is 5.82 Å². The summed E-state index contributed by atoms with van der Waals surface area (Å²) in [6, 6.07) is 15.2. The van der Waals surface area contributed by atoms with Crippen molar-refractivity contribution in [3.63, 3.8) is 0 Å². The molecule has 26 heavy (non-hydrogen) atoms. The third kappa shape index (κ3) is 3.04. The number of nitrogens with one attached hydrogen (secondary N) is 1. The van der Waals surface area contributed by atoms with Crippen LogP contribution in [0, 0.1) is 5.82 Å². The topological polar surface area (TPSA) is 89.3 Å². The van der Waals surface area contributed by atoms with Crippen molar-refractivity contribution in [2.24, 2.45) is 0 Å². The molecule has 7 nitrogen and oxygen atoms in total. The van der Waals surface area contributed by atoms with Gasteiger partial charge >= 0.3 is 0 Å². The summed E-state index contributed by atoms with van der Waals surface area (Å²) in [6.45, 7) is 0. The van der Waals surface area contributed by atoms with Crippen LogP contribution < -0.4 is 0 Å². The van der Waals surface area contributed by atoms with Gasteiger partial charge in [-0.15, -0.1) is 10.2 Å². The lowest BCUT2D eigenvalue weighted by Crippen LogP contribution is -1.99. The minimum absolute atomic E-state index is 0.323. The molecule has 2 aromatic heterocycles. The molecule has 0 aliphatic rings. The van der Waals surface area contributed by atoms with Crippen LogP contribution in [0.15, 0.2) is 59.5 Å². The normalized spacial score (nSPS) is 12.2. The molecule has 0 aliphatic heterocycles. The molecule has 0 fully saturated rings. The highest BCUT2D eigenvalue weighted by Crippen LogP contribution is 2.28. The van der Waals surface area contributed by atoms with E-state index in [-0.39, 0.29) is 5.82 Å². The van der Waals surface area contributed by atoms with E-state index in [1.807, 2.05) is 30.3 Å². The lowest BCUT2D eigenvalue weighted by molar-refractivity contribution is 0.627. The van der Waals surface area contributed by atoms with Crippen LogP contribution in [-0.4, -0.2) is 40.9 Å². The van der Waals surface area contributed by atoms with Crippen molar-refractivity contribution in [2.45, 2.75) is 4.90 Å². The average molecular weight is 368 g/mol. The van der Waals surface area contributed by atoms with Crippen molar-refractivity contribution in [1.29, 1.82) is 0 Å². The van der Waals surface area contributed by atoms with Crippen LogP contribution in [0.4, 0.5) is 4.39 Å². The van der Waals surface area contributed by atoms with Crippen molar-refractivity contribution < 1.29 is 8.60 Å². The quantitative estimate of drug-likeness (QED) is 0.598. The lowest BCUT2D eigenvalue weighted by Gasteiger charge is -2.08. The Morgan fingerprint density at radius 2 is 1.81 bits per heavy atom. The SMILES string of the molecule is CS(=O)c1ccc(-c2cc(-c3nn[nH]n3)nn2-c2ccc(F)cc2)cc1. The summed E-state index contributed by atoms with van der Waals surface area (Å²) >= 11 is 0. The molecule has 2 aromatic carbocycles. The second-order valence-corrected chi connectivity index (χ2v) is 6.90. The summed E-state index contributed by atoms with van der Waals surface area (Å²) in [6.07, 6.45) is 1.63. The summed E-state index contributed by atoms with van der Waals surface area (Å²) in [5.41, 5.74) is 2.86. The Bertz CT molecular complexity index is 1060. The summed E-state index contributed by atoms with van der Waals surface area (Å²) in [7, 11) is -1.05. The minimum Gasteiger partial charge on any atom is -0.255 e. The Balaban J connectivity index is 1.86. The van der Waals surface area contributed by atoms with E-state index < -0.39 is 10.8 Å². The molecule has 1 unspecified atom stereocenters. The first-order valence-corrected chi connectivity index (χ1v) is 9.21. The van der Waals surface area contributed by atoms with E-state index in [4.69, 9.17) is 0 Å². The predicted octanol–water partition coefficient (Wildman–Crippen LogP) is 2.60. The van der Waals surface area contributed by atoms with E-state index in [1.165, 1.54) is 12.1 Å². The van der Waals surface area contributed by atoms with Gasteiger partial charge < -0.3 is 0 Å². The smallest absolute Gasteiger partial charge is 0.224 e. The van der Waals surface area contributed by atoms with Gasteiger partial charge in [0.1, 0.15) is 11.5 Å². The molecule has 2 heterocycles. The standard InChI is InChI=1S/C17H13FN6OS/c1-26(25)14-8-2-11(3-9-14)16-10-15(17-19-22-23-20-17)21-24(16)13-6-4-12(18)5-7-13/h2-10H,1H3,(H,19,20,22,23). The molecule has 0 saturated heterocycles. The van der Waals surface area contributed by atoms with E-state index in [0.29, 0.717) is 17.2 Å². The highest BCUT2D eigenvalue weighted by molar-refractivity contribution is 7.84. The maximum absolute atomic E-state index is 13.3. The van der Waals surface area contributed by atoms with Gasteiger partial charge in [0.05, 0.1) is 11.4 Å². The van der Waals surface area contributed by atoms with Crippen LogP contribution >= 0.6 is 0 Å². The molecule has 0 saturated carbocycles. The number of halogens is 1. The van der Waals surface area contributed by atoms with E-state index in [9.17, 15) is 8.60 Å². The first kappa shape index (κ1) is 16.3. The fourth-order valence-corrected chi connectivity index (χ4v) is 3.08. The average Bonchev–Trinajstić information content (AvgIpc) is 3.32. The number of rotatable bonds is 4. The third-order valence-corrected chi connectivity index (χ3v) is 4.77. The van der Waals surface area contributed by atoms with Crippen LogP contribution in [0.1, 0.15) is 0 Å². The molecule has 0 amide bonds. The monoisotopic (exact) mass is 368 g/mol.